The molecular weight excluding hydrogens is 518 g/mol. The summed E-state index contributed by atoms with van der Waals surface area (Å²) in [4.78, 5) is 33.6. The first-order valence-electron chi connectivity index (χ1n) is 13.7. The lowest BCUT2D eigenvalue weighted by Crippen LogP contribution is -2.49. The van der Waals surface area contributed by atoms with Crippen molar-refractivity contribution < 1.29 is 24.2 Å². The van der Waals surface area contributed by atoms with E-state index in [-0.39, 0.29) is 11.8 Å². The van der Waals surface area contributed by atoms with Crippen molar-refractivity contribution in [2.75, 3.05) is 14.2 Å². The number of carboxylic acids is 1. The van der Waals surface area contributed by atoms with E-state index in [9.17, 15) is 14.7 Å². The fourth-order valence-electron chi connectivity index (χ4n) is 6.48. The SMILES string of the molecule is COc1ccc(Cl)cc1CNC1C(c2ncccc2OC)N(C(=O)C2CCCCC2)C(C(=O)O)C1C(C)(C)C. The van der Waals surface area contributed by atoms with Gasteiger partial charge in [0.05, 0.1) is 20.3 Å². The smallest absolute Gasteiger partial charge is 0.326 e. The molecule has 4 atom stereocenters. The second-order valence-electron chi connectivity index (χ2n) is 11.7. The van der Waals surface area contributed by atoms with Crippen LogP contribution in [-0.4, -0.2) is 53.2 Å². The molecule has 212 valence electrons. The summed E-state index contributed by atoms with van der Waals surface area (Å²) in [5.74, 6) is -0.555. The Morgan fingerprint density at radius 1 is 1.10 bits per heavy atom. The van der Waals surface area contributed by atoms with Crippen LogP contribution in [0.2, 0.25) is 5.02 Å². The highest BCUT2D eigenvalue weighted by Gasteiger charge is 2.59. The van der Waals surface area contributed by atoms with Gasteiger partial charge < -0.3 is 24.8 Å². The lowest BCUT2D eigenvalue weighted by Gasteiger charge is -2.36. The van der Waals surface area contributed by atoms with Gasteiger partial charge in [-0.1, -0.05) is 51.6 Å². The molecule has 8 nitrogen and oxygen atoms in total. The zero-order valence-corrected chi connectivity index (χ0v) is 24.2. The number of carbonyl (C=O) groups excluding carboxylic acids is 1. The first-order chi connectivity index (χ1) is 18.6. The highest BCUT2D eigenvalue weighted by atomic mass is 35.5. The predicted octanol–water partition coefficient (Wildman–Crippen LogP) is 5.49. The molecule has 1 aromatic carbocycles. The summed E-state index contributed by atoms with van der Waals surface area (Å²) >= 11 is 6.31. The zero-order chi connectivity index (χ0) is 28.3. The Morgan fingerprint density at radius 3 is 2.41 bits per heavy atom. The van der Waals surface area contributed by atoms with Gasteiger partial charge in [-0.2, -0.15) is 0 Å². The molecule has 0 bridgehead atoms. The minimum atomic E-state index is -1.03. The van der Waals surface area contributed by atoms with Crippen molar-refractivity contribution >= 4 is 23.5 Å². The van der Waals surface area contributed by atoms with Crippen LogP contribution in [0, 0.1) is 17.3 Å². The predicted molar refractivity (Wildman–Crippen MR) is 150 cm³/mol. The Morgan fingerprint density at radius 2 is 1.79 bits per heavy atom. The molecule has 1 amide bonds. The van der Waals surface area contributed by atoms with Gasteiger partial charge in [0.1, 0.15) is 23.2 Å². The average Bonchev–Trinajstić information content (AvgIpc) is 3.28. The lowest BCUT2D eigenvalue weighted by atomic mass is 9.72. The summed E-state index contributed by atoms with van der Waals surface area (Å²) in [6.45, 7) is 6.46. The fourth-order valence-corrected chi connectivity index (χ4v) is 6.68. The highest BCUT2D eigenvalue weighted by molar-refractivity contribution is 6.30. The van der Waals surface area contributed by atoms with Gasteiger partial charge in [-0.05, 0) is 48.6 Å². The number of aliphatic carboxylic acids is 1. The Bertz CT molecular complexity index is 1180. The van der Waals surface area contributed by atoms with Gasteiger partial charge in [0, 0.05) is 41.2 Å². The lowest BCUT2D eigenvalue weighted by molar-refractivity contribution is -0.154. The minimum absolute atomic E-state index is 0.112. The Kier molecular flexibility index (Phi) is 9.07. The number of ether oxygens (including phenoxy) is 2. The van der Waals surface area contributed by atoms with Crippen molar-refractivity contribution in [3.8, 4) is 11.5 Å². The number of rotatable bonds is 8. The molecule has 39 heavy (non-hydrogen) atoms. The van der Waals surface area contributed by atoms with Gasteiger partial charge in [-0.25, -0.2) is 4.79 Å². The molecule has 0 radical (unpaired) electrons. The van der Waals surface area contributed by atoms with Crippen LogP contribution >= 0.6 is 11.6 Å². The first kappa shape index (κ1) is 29.2. The summed E-state index contributed by atoms with van der Waals surface area (Å²) in [7, 11) is 3.17. The third kappa shape index (κ3) is 6.02. The Hall–Kier alpha value is -2.84. The maximum absolute atomic E-state index is 14.3. The third-order valence-corrected chi connectivity index (χ3v) is 8.43. The summed E-state index contributed by atoms with van der Waals surface area (Å²) in [5.41, 5.74) is 0.937. The van der Waals surface area contributed by atoms with E-state index in [0.29, 0.717) is 28.8 Å². The van der Waals surface area contributed by atoms with Gasteiger partial charge in [-0.15, -0.1) is 0 Å². The van der Waals surface area contributed by atoms with Crippen molar-refractivity contribution in [2.24, 2.45) is 17.3 Å². The first-order valence-corrected chi connectivity index (χ1v) is 14.1. The molecule has 1 aliphatic heterocycles. The standard InChI is InChI=1S/C30H40ClN3O5/c1-30(2,3)23-25(33-17-19-16-20(31)13-14-21(19)38-4)27(24-22(39-5)12-9-15-32-24)34(26(23)29(36)37)28(35)18-10-7-6-8-11-18/h9,12-16,18,23,25-27,33H,6-8,10-11,17H2,1-5H3,(H,36,37). The average molecular weight is 558 g/mol. The maximum atomic E-state index is 14.3. The van der Waals surface area contributed by atoms with Gasteiger partial charge in [0.2, 0.25) is 5.91 Å². The maximum Gasteiger partial charge on any atom is 0.326 e. The molecule has 1 aromatic heterocycles. The van der Waals surface area contributed by atoms with Crippen LogP contribution < -0.4 is 14.8 Å². The largest absolute Gasteiger partial charge is 0.496 e. The number of hydrogen-bond donors (Lipinski definition) is 2. The second kappa shape index (κ2) is 12.1. The summed E-state index contributed by atoms with van der Waals surface area (Å²) in [5, 5.41) is 14.9. The molecule has 2 heterocycles. The monoisotopic (exact) mass is 557 g/mol. The third-order valence-electron chi connectivity index (χ3n) is 8.20. The molecule has 0 spiro atoms. The molecule has 2 fully saturated rings. The van der Waals surface area contributed by atoms with Gasteiger partial charge in [0.25, 0.3) is 0 Å². The molecule has 2 aliphatic rings. The van der Waals surface area contributed by atoms with Crippen LogP contribution in [0.3, 0.4) is 0 Å². The van der Waals surface area contributed by atoms with E-state index < -0.39 is 35.4 Å². The van der Waals surface area contributed by atoms with E-state index in [0.717, 1.165) is 37.7 Å². The molecule has 2 aromatic rings. The fraction of sp³-hybridized carbons (Fsp3) is 0.567. The number of likely N-dealkylation sites (tertiary alicyclic amines) is 1. The van der Waals surface area contributed by atoms with Crippen LogP contribution in [0.4, 0.5) is 0 Å². The summed E-state index contributed by atoms with van der Waals surface area (Å²) in [6, 6.07) is 6.89. The molecular formula is C30H40ClN3O5. The topological polar surface area (TPSA) is 101 Å². The number of carboxylic acid groups (broad SMARTS) is 1. The van der Waals surface area contributed by atoms with Crippen LogP contribution in [0.5, 0.6) is 11.5 Å². The number of methoxy groups -OCH3 is 2. The minimum Gasteiger partial charge on any atom is -0.496 e. The van der Waals surface area contributed by atoms with E-state index in [1.54, 1.807) is 37.4 Å². The van der Waals surface area contributed by atoms with Crippen LogP contribution in [-0.2, 0) is 16.1 Å². The van der Waals surface area contributed by atoms with Crippen molar-refractivity contribution in [3.63, 3.8) is 0 Å². The summed E-state index contributed by atoms with van der Waals surface area (Å²) in [6.07, 6.45) is 6.24. The molecule has 4 rings (SSSR count). The van der Waals surface area contributed by atoms with Gasteiger partial charge in [-0.3, -0.25) is 9.78 Å². The number of nitrogens with zero attached hydrogens (tertiary/aromatic N) is 2. The van der Waals surface area contributed by atoms with Crippen molar-refractivity contribution in [3.05, 3.63) is 52.8 Å². The molecule has 9 heteroatoms. The number of carbonyl (C=O) groups is 2. The van der Waals surface area contributed by atoms with E-state index in [1.807, 2.05) is 39.0 Å². The highest BCUT2D eigenvalue weighted by Crippen LogP contribution is 2.50. The van der Waals surface area contributed by atoms with E-state index >= 15 is 0 Å². The number of pyridine rings is 1. The van der Waals surface area contributed by atoms with Crippen molar-refractivity contribution in [1.29, 1.82) is 0 Å². The van der Waals surface area contributed by atoms with Crippen LogP contribution in [0.15, 0.2) is 36.5 Å². The number of halogens is 1. The molecule has 2 N–H and O–H groups in total. The molecule has 1 saturated heterocycles. The number of benzene rings is 1. The Balaban J connectivity index is 1.86. The van der Waals surface area contributed by atoms with Crippen LogP contribution in [0.1, 0.15) is 70.2 Å². The number of aromatic nitrogens is 1. The number of nitrogens with one attached hydrogen (secondary N) is 1. The second-order valence-corrected chi connectivity index (χ2v) is 12.1. The Labute approximate surface area is 236 Å². The van der Waals surface area contributed by atoms with Crippen LogP contribution in [0.25, 0.3) is 0 Å². The number of hydrogen-bond acceptors (Lipinski definition) is 6. The van der Waals surface area contributed by atoms with Gasteiger partial charge >= 0.3 is 5.97 Å². The van der Waals surface area contributed by atoms with E-state index in [4.69, 9.17) is 21.1 Å². The molecule has 1 saturated carbocycles. The quantitative estimate of drug-likeness (QED) is 0.442. The molecule has 4 unspecified atom stereocenters. The van der Waals surface area contributed by atoms with Crippen molar-refractivity contribution in [1.82, 2.24) is 15.2 Å². The molecule has 1 aliphatic carbocycles. The summed E-state index contributed by atoms with van der Waals surface area (Å²) < 4.78 is 11.3. The van der Waals surface area contributed by atoms with Crippen molar-refractivity contribution in [2.45, 2.75) is 77.5 Å². The zero-order valence-electron chi connectivity index (χ0n) is 23.4. The van der Waals surface area contributed by atoms with E-state index in [1.165, 1.54) is 0 Å². The normalized spacial score (nSPS) is 24.0. The number of amides is 1. The van der Waals surface area contributed by atoms with E-state index in [2.05, 4.69) is 10.3 Å². The van der Waals surface area contributed by atoms with Gasteiger partial charge in [0.15, 0.2) is 0 Å².